The second-order valence-electron chi connectivity index (χ2n) is 23.1. The Morgan fingerprint density at radius 2 is 0.864 bits per heavy atom. The summed E-state index contributed by atoms with van der Waals surface area (Å²) in [5.41, 5.74) is 14.4. The van der Waals surface area contributed by atoms with E-state index in [9.17, 15) is 104 Å². The van der Waals surface area contributed by atoms with Crippen molar-refractivity contribution in [1.82, 2.24) is 63.5 Å². The van der Waals surface area contributed by atoms with Gasteiger partial charge < -0.3 is 164 Å². The molecule has 12 rings (SSSR count). The second kappa shape index (κ2) is 37.1. The summed E-state index contributed by atoms with van der Waals surface area (Å²) >= 11 is 20.9. The summed E-state index contributed by atoms with van der Waals surface area (Å²) < 4.78 is 53.6. The fraction of sp³-hybridized carbons (Fsp3) is 0.553. The molecule has 0 bridgehead atoms. The molecular formula is C47H63N17O36P5S5-5. The number of aromatic nitrogens is 12. The first kappa shape index (κ1) is 90.3. The molecule has 0 spiro atoms. The number of urea groups is 1. The number of aromatic amines is 2. The average molecular weight is 1760 g/mol. The SMILES string of the molecule is Nc1ccn([C@@H]2O[C@H](COP([O-])(O)=S)[C@H](O)C2O)c(=O)n1.Nc1nc2c(ncn2[C@@H]2O[C@H](COP([O-])(O)=S)[C@H](O)C2O)c(=O)[nH]1.Nc1ncnc2c1ncn2[C@@H]1O[C@H](COP([O-])(O)=S)[C@H](O)C1O.O=C1N=CC([C@@H]2O[C@H](COP([O-])(O)=S)[C@H](O)C2O)C(=O)N1.O=c1ccn([C@@H]2O[C@H](COP([O-])(O)=S)[C@H](O)C2O)c(=O)[nH]1. The van der Waals surface area contributed by atoms with Crippen LogP contribution in [-0.2, 0) is 110 Å². The highest BCUT2D eigenvalue weighted by atomic mass is 32.5. The van der Waals surface area contributed by atoms with E-state index in [2.05, 4.69) is 122 Å². The molecule has 63 heteroatoms. The van der Waals surface area contributed by atoms with Crippen molar-refractivity contribution in [2.75, 3.05) is 50.2 Å². The number of nitrogen functional groups attached to an aromatic ring is 3. The fourth-order valence-corrected chi connectivity index (χ4v) is 13.1. The Morgan fingerprint density at radius 1 is 0.473 bits per heavy atom. The Bertz CT molecular complexity index is 4790. The van der Waals surface area contributed by atoms with Crippen molar-refractivity contribution in [2.24, 2.45) is 10.9 Å². The van der Waals surface area contributed by atoms with E-state index in [1.807, 2.05) is 10.3 Å². The number of amides is 3. The number of hydrogen-bond donors (Lipinski definition) is 21. The quantitative estimate of drug-likeness (QED) is 0.0316. The van der Waals surface area contributed by atoms with Crippen LogP contribution in [0, 0.1) is 5.92 Å². The molecule has 26 atom stereocenters. The van der Waals surface area contributed by atoms with Crippen LogP contribution in [-0.4, -0.2) is 283 Å². The fourth-order valence-electron chi connectivity index (χ4n) is 10.5. The summed E-state index contributed by atoms with van der Waals surface area (Å²) in [6.45, 7) is -23.4. The van der Waals surface area contributed by atoms with E-state index in [-0.39, 0.29) is 28.7 Å². The van der Waals surface area contributed by atoms with Crippen LogP contribution in [0.4, 0.5) is 22.4 Å². The molecule has 0 aromatic carbocycles. The van der Waals surface area contributed by atoms with Crippen molar-refractivity contribution in [3.8, 4) is 0 Å². The molecule has 0 radical (unpaired) electrons. The molecule has 5 saturated heterocycles. The second-order valence-corrected chi connectivity index (χ2v) is 36.0. The van der Waals surface area contributed by atoms with Crippen molar-refractivity contribution < 1.29 is 156 Å². The lowest BCUT2D eigenvalue weighted by Gasteiger charge is -2.24. The van der Waals surface area contributed by atoms with Gasteiger partial charge in [0.1, 0.15) is 155 Å². The highest BCUT2D eigenvalue weighted by Crippen LogP contribution is 2.41. The maximum atomic E-state index is 11.8. The molecular weight excluding hydrogens is 1690 g/mol. The first-order valence-electron chi connectivity index (χ1n) is 30.2. The van der Waals surface area contributed by atoms with E-state index in [0.29, 0.717) is 11.2 Å². The highest BCUT2D eigenvalue weighted by molar-refractivity contribution is 8.07. The minimum atomic E-state index is -4.18. The van der Waals surface area contributed by atoms with Gasteiger partial charge in [0.15, 0.2) is 47.5 Å². The van der Waals surface area contributed by atoms with Crippen molar-refractivity contribution in [2.45, 2.75) is 123 Å². The Morgan fingerprint density at radius 3 is 1.28 bits per heavy atom. The van der Waals surface area contributed by atoms with Crippen molar-refractivity contribution >= 4 is 151 Å². The van der Waals surface area contributed by atoms with Crippen molar-refractivity contribution in [3.63, 3.8) is 0 Å². The van der Waals surface area contributed by atoms with Gasteiger partial charge in [-0.25, -0.2) is 39.3 Å². The zero-order chi connectivity index (χ0) is 81.8. The van der Waals surface area contributed by atoms with E-state index in [4.69, 9.17) is 65.4 Å². The summed E-state index contributed by atoms with van der Waals surface area (Å²) in [5, 5.41) is 101. The number of imidazole rings is 2. The minimum absolute atomic E-state index is 0.00325. The van der Waals surface area contributed by atoms with Crippen LogP contribution in [0.25, 0.3) is 22.3 Å². The first-order valence-corrected chi connectivity index (χ1v) is 43.2. The van der Waals surface area contributed by atoms with Crippen molar-refractivity contribution in [1.29, 1.82) is 0 Å². The Labute approximate surface area is 635 Å². The number of aliphatic hydroxyl groups is 10. The number of anilines is 3. The summed E-state index contributed by atoms with van der Waals surface area (Å²) in [6.07, 6.45) is -18.6. The van der Waals surface area contributed by atoms with Gasteiger partial charge in [-0.15, -0.1) is 0 Å². The largest absolute Gasteiger partial charge is 0.780 e. The first-order chi connectivity index (χ1) is 51.0. The number of nitrogens with zero attached hydrogens (tertiary/aromatic N) is 11. The molecule has 0 aliphatic carbocycles. The third-order valence-corrected chi connectivity index (χ3v) is 19.6. The molecule has 6 aromatic rings. The lowest BCUT2D eigenvalue weighted by atomic mass is 9.95. The molecule has 11 unspecified atom stereocenters. The lowest BCUT2D eigenvalue weighted by molar-refractivity contribution is -0.205. The van der Waals surface area contributed by atoms with E-state index in [0.717, 1.165) is 27.6 Å². The third-order valence-electron chi connectivity index (χ3n) is 15.6. The summed E-state index contributed by atoms with van der Waals surface area (Å²) in [5.74, 6) is -1.81. The zero-order valence-electron chi connectivity index (χ0n) is 54.5. The van der Waals surface area contributed by atoms with Crippen molar-refractivity contribution in [3.05, 3.63) is 85.2 Å². The minimum Gasteiger partial charge on any atom is -0.780 e. The van der Waals surface area contributed by atoms with Gasteiger partial charge in [-0.3, -0.25) is 47.9 Å². The smallest absolute Gasteiger partial charge is 0.351 e. The number of aliphatic hydroxyl groups excluding tert-OH is 10. The topological polar surface area (TPSA) is 845 Å². The number of carbonyl (C=O) groups is 2. The van der Waals surface area contributed by atoms with Crippen LogP contribution in [0.5, 0.6) is 0 Å². The molecule has 3 amide bonds. The van der Waals surface area contributed by atoms with Crippen LogP contribution in [0.2, 0.25) is 0 Å². The Kier molecular flexibility index (Phi) is 30.5. The number of rotatable bonds is 20. The van der Waals surface area contributed by atoms with Gasteiger partial charge >= 0.3 is 17.4 Å². The molecule has 0 saturated carbocycles. The molecule has 6 aliphatic rings. The van der Waals surface area contributed by atoms with E-state index in [1.165, 1.54) is 40.4 Å². The third kappa shape index (κ3) is 23.7. The number of hydrogen-bond acceptors (Lipinski definition) is 45. The maximum absolute atomic E-state index is 11.8. The zero-order valence-corrected chi connectivity index (χ0v) is 63.0. The molecule has 5 fully saturated rings. The standard InChI is InChI=1S/C10H14N5O7PS.C10H14N5O6PS.C9H14N3O7PS.2C9H13N2O8PS/c11-10-13-7-4(8(18)14-10)12-2-15(7)9-6(17)5(16)3(22-9)1-21-23(19,20)24;11-8-5-9(13-2-12-8)15(3-14-5)10-7(17)6(16)4(21-10)1-20-22(18,19)23;10-5-1-2-12(9(15)11-5)8-7(14)6(13)4(19-8)3-18-20(16,17)21;12-5-4(2-18-20(16,17)21)19-7(6(5)13)3-1-10-9(15)11-8(3)14;12-5-1-2-11(9(15)10-5)8-7(14)6(13)4(19-8)3-18-20(16,17)21/h2-3,5-6,9,16-17H,1H2,(H2,19,20,24)(H3,11,13,14,18);2-4,6-7,10,16-17H,1H2,(H2,11,12,13)(H2,18,19,23);1-2,4,6-8,13-14H,3H2,(H2,10,11,15)(H2,16,17,21);1,3-7,12-13H,2H2,(H,11,14,15)(H2,16,17,21);1-2,4,6-8,13-14H,3H2,(H,10,12,15)(H2,16,17,21)/p-5/t3-,5+,6?,9-;4-,6+,7?,10-;4-,6+,7?,8-;3?,4-,5+,6?,7+;4-,6+,7?,8-/m11111/s1. The van der Waals surface area contributed by atoms with Gasteiger partial charge in [-0.1, -0.05) is 59.0 Å². The normalized spacial score (nSPS) is 32.6. The number of nitrogens with two attached hydrogens (primary N) is 3. The average Bonchev–Trinajstić information content (AvgIpc) is 1.64. The predicted molar refractivity (Wildman–Crippen MR) is 369 cm³/mol. The molecule has 110 heavy (non-hydrogen) atoms. The molecule has 612 valence electrons. The number of ether oxygens (including phenoxy) is 5. The maximum Gasteiger partial charge on any atom is 0.351 e. The number of imide groups is 1. The molecule has 6 aromatic heterocycles. The van der Waals surface area contributed by atoms with Crippen LogP contribution in [0.3, 0.4) is 0 Å². The lowest BCUT2D eigenvalue weighted by Crippen LogP contribution is -2.48. The van der Waals surface area contributed by atoms with Gasteiger partial charge in [0.25, 0.3) is 11.1 Å². The van der Waals surface area contributed by atoms with Gasteiger partial charge in [-0.2, -0.15) is 9.97 Å². The predicted octanol–water partition coefficient (Wildman–Crippen LogP) is -14.7. The van der Waals surface area contributed by atoms with Crippen LogP contribution in [0.1, 0.15) is 24.9 Å². The van der Waals surface area contributed by atoms with Gasteiger partial charge in [-0.05, 0) is 6.07 Å². The molecule has 6 aliphatic heterocycles. The number of aliphatic imine (C=N–C) groups is 1. The van der Waals surface area contributed by atoms with Gasteiger partial charge in [0.05, 0.1) is 45.7 Å². The van der Waals surface area contributed by atoms with Crippen LogP contribution in [0.15, 0.2) is 67.7 Å². The number of fused-ring (bicyclic) bond motifs is 2. The summed E-state index contributed by atoms with van der Waals surface area (Å²) in [6, 6.07) is 1.52. The monoisotopic (exact) mass is 1760 g/mol. The van der Waals surface area contributed by atoms with E-state index in [1.54, 1.807) is 0 Å². The highest BCUT2D eigenvalue weighted by Gasteiger charge is 2.51. The van der Waals surface area contributed by atoms with E-state index >= 15 is 0 Å². The van der Waals surface area contributed by atoms with Gasteiger partial charge in [0.2, 0.25) is 11.9 Å². The summed E-state index contributed by atoms with van der Waals surface area (Å²) in [4.78, 5) is 198. The number of carbonyl (C=O) groups excluding carboxylic acids is 2. The van der Waals surface area contributed by atoms with E-state index < -0.39 is 230 Å². The number of nitrogens with one attached hydrogen (secondary N) is 3. The molecule has 24 N–H and O–H groups in total. The van der Waals surface area contributed by atoms with Crippen LogP contribution < -0.4 is 69.5 Å². The summed E-state index contributed by atoms with van der Waals surface area (Å²) in [7, 11) is 0. The van der Waals surface area contributed by atoms with Gasteiger partial charge in [0, 0.05) is 24.7 Å². The molecule has 53 nitrogen and oxygen atoms in total. The van der Waals surface area contributed by atoms with Crippen LogP contribution >= 0.6 is 33.6 Å². The number of H-pyrrole nitrogens is 2. The molecule has 12 heterocycles. The Balaban J connectivity index is 0.000000173. The Hall–Kier alpha value is -5.28.